The Morgan fingerprint density at radius 2 is 1.91 bits per heavy atom. The highest BCUT2D eigenvalue weighted by atomic mass is 16.5. The standard InChI is InChI=1S/C25H22N4O4/c1-3-31-24(30)21-16(2)26-25-27-23(20-13-8-14-32-20)28-29(25)22(21)17-9-7-12-19(15-17)33-18-10-5-4-6-11-18/h4-15,22H,3H2,1-2H3,(H,26,27,28). The molecule has 3 heterocycles. The molecule has 0 saturated heterocycles. The number of carbonyl (C=O) groups excluding carboxylic acids is 1. The highest BCUT2D eigenvalue weighted by Gasteiger charge is 2.35. The fourth-order valence-electron chi connectivity index (χ4n) is 3.82. The van der Waals surface area contributed by atoms with Crippen molar-refractivity contribution in [2.24, 2.45) is 0 Å². The number of nitrogens with zero attached hydrogens (tertiary/aromatic N) is 3. The molecule has 1 atom stereocenters. The molecule has 1 aliphatic heterocycles. The summed E-state index contributed by atoms with van der Waals surface area (Å²) in [4.78, 5) is 17.6. The zero-order valence-corrected chi connectivity index (χ0v) is 18.2. The third-order valence-electron chi connectivity index (χ3n) is 5.24. The third-order valence-corrected chi connectivity index (χ3v) is 5.24. The molecule has 1 unspecified atom stereocenters. The number of hydrogen-bond acceptors (Lipinski definition) is 7. The van der Waals surface area contributed by atoms with Gasteiger partial charge in [-0.25, -0.2) is 9.48 Å². The predicted octanol–water partition coefficient (Wildman–Crippen LogP) is 5.18. The maximum absolute atomic E-state index is 13.0. The Balaban J connectivity index is 1.60. The first kappa shape index (κ1) is 20.6. The molecular formula is C25H22N4O4. The summed E-state index contributed by atoms with van der Waals surface area (Å²) < 4.78 is 18.6. The number of benzene rings is 2. The van der Waals surface area contributed by atoms with Crippen LogP contribution in [0.2, 0.25) is 0 Å². The minimum atomic E-state index is -0.559. The van der Waals surface area contributed by atoms with Crippen molar-refractivity contribution in [2.75, 3.05) is 11.9 Å². The van der Waals surface area contributed by atoms with E-state index < -0.39 is 12.0 Å². The molecule has 0 amide bonds. The molecule has 0 fully saturated rings. The number of furan rings is 1. The first-order valence-corrected chi connectivity index (χ1v) is 10.6. The highest BCUT2D eigenvalue weighted by molar-refractivity contribution is 5.92. The third kappa shape index (κ3) is 3.98. The lowest BCUT2D eigenvalue weighted by Crippen LogP contribution is -2.29. The number of para-hydroxylation sites is 1. The smallest absolute Gasteiger partial charge is 0.338 e. The predicted molar refractivity (Wildman–Crippen MR) is 122 cm³/mol. The van der Waals surface area contributed by atoms with Crippen molar-refractivity contribution >= 4 is 11.9 Å². The fourth-order valence-corrected chi connectivity index (χ4v) is 3.82. The minimum absolute atomic E-state index is 0.265. The fraction of sp³-hybridized carbons (Fsp3) is 0.160. The van der Waals surface area contributed by atoms with E-state index >= 15 is 0 Å². The molecule has 5 rings (SSSR count). The second-order valence-electron chi connectivity index (χ2n) is 7.46. The Labute approximate surface area is 190 Å². The molecule has 0 aliphatic carbocycles. The number of ether oxygens (including phenoxy) is 2. The van der Waals surface area contributed by atoms with Gasteiger partial charge >= 0.3 is 5.97 Å². The van der Waals surface area contributed by atoms with Crippen LogP contribution in [-0.2, 0) is 9.53 Å². The summed E-state index contributed by atoms with van der Waals surface area (Å²) in [7, 11) is 0. The lowest BCUT2D eigenvalue weighted by Gasteiger charge is -2.28. The van der Waals surface area contributed by atoms with Gasteiger partial charge in [0, 0.05) is 5.70 Å². The van der Waals surface area contributed by atoms with Gasteiger partial charge in [-0.2, -0.15) is 4.98 Å². The first-order chi connectivity index (χ1) is 16.1. The largest absolute Gasteiger partial charge is 0.463 e. The molecule has 1 aliphatic rings. The minimum Gasteiger partial charge on any atom is -0.463 e. The van der Waals surface area contributed by atoms with Crippen LogP contribution in [0.3, 0.4) is 0 Å². The number of fused-ring (bicyclic) bond motifs is 1. The van der Waals surface area contributed by atoms with E-state index in [9.17, 15) is 4.79 Å². The number of anilines is 1. The molecule has 0 radical (unpaired) electrons. The Kier molecular flexibility index (Phi) is 5.40. The van der Waals surface area contributed by atoms with Crippen molar-refractivity contribution in [1.82, 2.24) is 14.8 Å². The lowest BCUT2D eigenvalue weighted by atomic mass is 9.95. The quantitative estimate of drug-likeness (QED) is 0.411. The van der Waals surface area contributed by atoms with Crippen LogP contribution in [0.1, 0.15) is 25.5 Å². The molecule has 4 aromatic rings. The molecular weight excluding hydrogens is 420 g/mol. The van der Waals surface area contributed by atoms with E-state index in [1.807, 2.05) is 61.5 Å². The number of rotatable bonds is 6. The van der Waals surface area contributed by atoms with Crippen LogP contribution >= 0.6 is 0 Å². The molecule has 0 bridgehead atoms. The topological polar surface area (TPSA) is 91.4 Å². The highest BCUT2D eigenvalue weighted by Crippen LogP contribution is 2.38. The van der Waals surface area contributed by atoms with E-state index in [2.05, 4.69) is 15.4 Å². The van der Waals surface area contributed by atoms with Crippen LogP contribution in [-0.4, -0.2) is 27.3 Å². The molecule has 8 nitrogen and oxygen atoms in total. The van der Waals surface area contributed by atoms with Crippen LogP contribution in [0.5, 0.6) is 11.5 Å². The number of aromatic nitrogens is 3. The zero-order chi connectivity index (χ0) is 22.8. The molecule has 0 spiro atoms. The number of carbonyl (C=O) groups is 1. The summed E-state index contributed by atoms with van der Waals surface area (Å²) in [6.07, 6.45) is 1.57. The Bertz CT molecular complexity index is 1310. The summed E-state index contributed by atoms with van der Waals surface area (Å²) >= 11 is 0. The van der Waals surface area contributed by atoms with Crippen molar-refractivity contribution in [1.29, 1.82) is 0 Å². The second kappa shape index (κ2) is 8.66. The number of esters is 1. The van der Waals surface area contributed by atoms with Gasteiger partial charge in [-0.3, -0.25) is 0 Å². The van der Waals surface area contributed by atoms with Crippen LogP contribution in [0.4, 0.5) is 5.95 Å². The molecule has 8 heteroatoms. The normalized spacial score (nSPS) is 15.0. The Hall–Kier alpha value is -4.33. The Morgan fingerprint density at radius 3 is 2.67 bits per heavy atom. The summed E-state index contributed by atoms with van der Waals surface area (Å²) in [5.74, 6) is 2.41. The van der Waals surface area contributed by atoms with E-state index in [0.29, 0.717) is 34.6 Å². The van der Waals surface area contributed by atoms with Crippen LogP contribution in [0.25, 0.3) is 11.6 Å². The molecule has 1 N–H and O–H groups in total. The van der Waals surface area contributed by atoms with Crippen LogP contribution in [0.15, 0.2) is 88.7 Å². The van der Waals surface area contributed by atoms with Gasteiger partial charge in [0.2, 0.25) is 11.8 Å². The van der Waals surface area contributed by atoms with Crippen molar-refractivity contribution in [3.05, 3.63) is 89.8 Å². The zero-order valence-electron chi connectivity index (χ0n) is 18.2. The van der Waals surface area contributed by atoms with Gasteiger partial charge in [-0.15, -0.1) is 5.10 Å². The first-order valence-electron chi connectivity index (χ1n) is 10.6. The van der Waals surface area contributed by atoms with E-state index in [-0.39, 0.29) is 6.61 Å². The molecule has 0 saturated carbocycles. The van der Waals surface area contributed by atoms with E-state index in [0.717, 1.165) is 11.3 Å². The number of nitrogens with one attached hydrogen (secondary N) is 1. The van der Waals surface area contributed by atoms with Crippen molar-refractivity contribution in [2.45, 2.75) is 19.9 Å². The summed E-state index contributed by atoms with van der Waals surface area (Å²) in [5, 5.41) is 7.84. The maximum Gasteiger partial charge on any atom is 0.338 e. The van der Waals surface area contributed by atoms with Crippen molar-refractivity contribution in [3.63, 3.8) is 0 Å². The summed E-state index contributed by atoms with van der Waals surface area (Å²) in [6, 6.07) is 20.1. The van der Waals surface area contributed by atoms with E-state index in [1.54, 1.807) is 30.0 Å². The van der Waals surface area contributed by atoms with Crippen LogP contribution in [0, 0.1) is 0 Å². The van der Waals surface area contributed by atoms with Crippen molar-refractivity contribution in [3.8, 4) is 23.1 Å². The molecule has 33 heavy (non-hydrogen) atoms. The van der Waals surface area contributed by atoms with Crippen molar-refractivity contribution < 1.29 is 18.7 Å². The van der Waals surface area contributed by atoms with Gasteiger partial charge in [-0.1, -0.05) is 30.3 Å². The summed E-state index contributed by atoms with van der Waals surface area (Å²) in [6.45, 7) is 3.87. The van der Waals surface area contributed by atoms with Gasteiger partial charge in [0.1, 0.15) is 17.5 Å². The van der Waals surface area contributed by atoms with Gasteiger partial charge in [0.15, 0.2) is 5.76 Å². The maximum atomic E-state index is 13.0. The molecule has 2 aromatic carbocycles. The average Bonchev–Trinajstić information content (AvgIpc) is 3.49. The lowest BCUT2D eigenvalue weighted by molar-refractivity contribution is -0.139. The monoisotopic (exact) mass is 442 g/mol. The SMILES string of the molecule is CCOC(=O)C1=C(C)Nc2nc(-c3ccco3)nn2C1c1cccc(Oc2ccccc2)c1. The number of hydrogen-bond donors (Lipinski definition) is 1. The second-order valence-corrected chi connectivity index (χ2v) is 7.46. The molecule has 2 aromatic heterocycles. The van der Waals surface area contributed by atoms with Gasteiger partial charge in [0.25, 0.3) is 0 Å². The van der Waals surface area contributed by atoms with Gasteiger partial charge in [-0.05, 0) is 55.8 Å². The van der Waals surface area contributed by atoms with Gasteiger partial charge in [0.05, 0.1) is 18.4 Å². The Morgan fingerprint density at radius 1 is 1.09 bits per heavy atom. The van der Waals surface area contributed by atoms with Gasteiger partial charge < -0.3 is 19.2 Å². The number of allylic oxidation sites excluding steroid dienone is 1. The summed E-state index contributed by atoms with van der Waals surface area (Å²) in [5.41, 5.74) is 1.92. The molecule has 166 valence electrons. The van der Waals surface area contributed by atoms with E-state index in [1.165, 1.54) is 0 Å². The van der Waals surface area contributed by atoms with E-state index in [4.69, 9.17) is 13.9 Å². The average molecular weight is 442 g/mol. The van der Waals surface area contributed by atoms with Crippen LogP contribution < -0.4 is 10.1 Å².